The molecule has 0 aromatic carbocycles. The predicted octanol–water partition coefficient (Wildman–Crippen LogP) is 1.75. The number of aliphatic carboxylic acids is 1. The number of hydrogen-bond acceptors (Lipinski definition) is 1. The number of aromatic amines is 1. The number of carboxylic acid groups (broad SMARTS) is 1. The fourth-order valence-corrected chi connectivity index (χ4v) is 0.471. The van der Waals surface area contributed by atoms with Crippen molar-refractivity contribution >= 4 is 12.0 Å². The SMILES string of the molecule is C=Cc1ccc[nH]1.CC(=O)O. The zero-order valence-electron chi connectivity index (χ0n) is 6.37. The number of carboxylic acids is 1. The molecule has 0 unspecified atom stereocenters. The minimum atomic E-state index is -0.833. The van der Waals surface area contributed by atoms with Crippen LogP contribution in [-0.4, -0.2) is 16.1 Å². The predicted molar refractivity (Wildman–Crippen MR) is 44.2 cm³/mol. The zero-order valence-corrected chi connectivity index (χ0v) is 6.37. The summed E-state index contributed by atoms with van der Waals surface area (Å²) in [6.45, 7) is 4.66. The van der Waals surface area contributed by atoms with Gasteiger partial charge < -0.3 is 10.1 Å². The summed E-state index contributed by atoms with van der Waals surface area (Å²) in [5, 5.41) is 7.42. The van der Waals surface area contributed by atoms with Crippen molar-refractivity contribution in [3.63, 3.8) is 0 Å². The molecule has 0 saturated carbocycles. The van der Waals surface area contributed by atoms with Gasteiger partial charge in [-0.25, -0.2) is 0 Å². The highest BCUT2D eigenvalue weighted by atomic mass is 16.4. The van der Waals surface area contributed by atoms with Crippen LogP contribution in [0.2, 0.25) is 0 Å². The van der Waals surface area contributed by atoms with E-state index in [0.29, 0.717) is 0 Å². The summed E-state index contributed by atoms with van der Waals surface area (Å²) in [7, 11) is 0. The van der Waals surface area contributed by atoms with E-state index >= 15 is 0 Å². The van der Waals surface area contributed by atoms with Crippen LogP contribution in [-0.2, 0) is 4.79 Å². The van der Waals surface area contributed by atoms with Gasteiger partial charge in [-0.1, -0.05) is 6.58 Å². The second-order valence-corrected chi connectivity index (χ2v) is 1.85. The van der Waals surface area contributed by atoms with Gasteiger partial charge in [-0.2, -0.15) is 0 Å². The number of rotatable bonds is 1. The molecule has 11 heavy (non-hydrogen) atoms. The Bertz CT molecular complexity index is 210. The van der Waals surface area contributed by atoms with Crippen LogP contribution in [0, 0.1) is 0 Å². The molecule has 1 rings (SSSR count). The van der Waals surface area contributed by atoms with Crippen molar-refractivity contribution in [1.82, 2.24) is 4.98 Å². The molecule has 2 N–H and O–H groups in total. The summed E-state index contributed by atoms with van der Waals surface area (Å²) in [5.74, 6) is -0.833. The van der Waals surface area contributed by atoms with E-state index in [1.165, 1.54) is 0 Å². The lowest BCUT2D eigenvalue weighted by molar-refractivity contribution is -0.134. The molecule has 0 aliphatic heterocycles. The molecule has 1 aromatic rings. The highest BCUT2D eigenvalue weighted by Gasteiger charge is 1.76. The maximum Gasteiger partial charge on any atom is 0.300 e. The molecule has 0 radical (unpaired) electrons. The van der Waals surface area contributed by atoms with E-state index in [2.05, 4.69) is 11.6 Å². The molecule has 3 heteroatoms. The van der Waals surface area contributed by atoms with E-state index in [4.69, 9.17) is 9.90 Å². The molecule has 0 aliphatic rings. The van der Waals surface area contributed by atoms with E-state index in [9.17, 15) is 0 Å². The number of carbonyl (C=O) groups is 1. The fourth-order valence-electron chi connectivity index (χ4n) is 0.471. The standard InChI is InChI=1S/C6H7N.C2H4O2/c1-2-6-4-3-5-7-6;1-2(3)4/h2-5,7H,1H2;1H3,(H,3,4). The molecule has 0 atom stereocenters. The van der Waals surface area contributed by atoms with Gasteiger partial charge in [-0.3, -0.25) is 4.79 Å². The number of nitrogens with one attached hydrogen (secondary N) is 1. The van der Waals surface area contributed by atoms with Crippen molar-refractivity contribution in [2.45, 2.75) is 6.92 Å². The van der Waals surface area contributed by atoms with Crippen molar-refractivity contribution < 1.29 is 9.90 Å². The number of aromatic nitrogens is 1. The van der Waals surface area contributed by atoms with Gasteiger partial charge in [0.05, 0.1) is 0 Å². The van der Waals surface area contributed by atoms with Gasteiger partial charge in [0.1, 0.15) is 0 Å². The minimum Gasteiger partial charge on any atom is -0.481 e. The Morgan fingerprint density at radius 2 is 2.36 bits per heavy atom. The highest BCUT2D eigenvalue weighted by Crippen LogP contribution is 1.92. The second kappa shape index (κ2) is 5.29. The first-order valence-corrected chi connectivity index (χ1v) is 3.12. The quantitative estimate of drug-likeness (QED) is 0.645. The third-order valence-corrected chi connectivity index (χ3v) is 0.842. The van der Waals surface area contributed by atoms with Crippen LogP contribution in [0.5, 0.6) is 0 Å². The summed E-state index contributed by atoms with van der Waals surface area (Å²) in [6.07, 6.45) is 3.65. The number of H-pyrrole nitrogens is 1. The molecule has 0 amide bonds. The van der Waals surface area contributed by atoms with Crippen LogP contribution in [0.1, 0.15) is 12.6 Å². The van der Waals surface area contributed by atoms with Gasteiger partial charge in [0.15, 0.2) is 0 Å². The molecule has 0 aliphatic carbocycles. The van der Waals surface area contributed by atoms with Crippen molar-refractivity contribution in [1.29, 1.82) is 0 Å². The first-order chi connectivity index (χ1) is 5.16. The normalized spacial score (nSPS) is 7.73. The maximum atomic E-state index is 9.00. The van der Waals surface area contributed by atoms with Crippen molar-refractivity contribution in [2.75, 3.05) is 0 Å². The van der Waals surface area contributed by atoms with E-state index in [0.717, 1.165) is 12.6 Å². The van der Waals surface area contributed by atoms with Gasteiger partial charge in [-0.05, 0) is 18.2 Å². The maximum absolute atomic E-state index is 9.00. The molecular formula is C8H11NO2. The molecule has 0 spiro atoms. The summed E-state index contributed by atoms with van der Waals surface area (Å²) in [5.41, 5.74) is 1.07. The van der Waals surface area contributed by atoms with Crippen LogP contribution in [0.4, 0.5) is 0 Å². The van der Waals surface area contributed by atoms with Crippen molar-refractivity contribution in [3.8, 4) is 0 Å². The first-order valence-electron chi connectivity index (χ1n) is 3.12. The molecule has 0 fully saturated rings. The van der Waals surface area contributed by atoms with Crippen LogP contribution in [0.25, 0.3) is 6.08 Å². The monoisotopic (exact) mass is 153 g/mol. The summed E-state index contributed by atoms with van der Waals surface area (Å²) < 4.78 is 0. The molecule has 0 bridgehead atoms. The minimum absolute atomic E-state index is 0.833. The topological polar surface area (TPSA) is 53.1 Å². The molecular weight excluding hydrogens is 142 g/mol. The lowest BCUT2D eigenvalue weighted by atomic mass is 10.4. The Morgan fingerprint density at radius 1 is 1.82 bits per heavy atom. The van der Waals surface area contributed by atoms with Gasteiger partial charge in [0.25, 0.3) is 5.97 Å². The zero-order chi connectivity index (χ0) is 8.69. The smallest absolute Gasteiger partial charge is 0.300 e. The lowest BCUT2D eigenvalue weighted by Crippen LogP contribution is -1.78. The lowest BCUT2D eigenvalue weighted by Gasteiger charge is -1.74. The van der Waals surface area contributed by atoms with E-state index in [-0.39, 0.29) is 0 Å². The van der Waals surface area contributed by atoms with E-state index in [1.807, 2.05) is 18.3 Å². The van der Waals surface area contributed by atoms with E-state index < -0.39 is 5.97 Å². The molecule has 60 valence electrons. The van der Waals surface area contributed by atoms with Crippen LogP contribution in [0.3, 0.4) is 0 Å². The van der Waals surface area contributed by atoms with Crippen LogP contribution in [0.15, 0.2) is 24.9 Å². The molecule has 0 saturated heterocycles. The Balaban J connectivity index is 0.000000218. The third-order valence-electron chi connectivity index (χ3n) is 0.842. The average Bonchev–Trinajstić information content (AvgIpc) is 2.36. The number of hydrogen-bond donors (Lipinski definition) is 2. The highest BCUT2D eigenvalue weighted by molar-refractivity contribution is 5.62. The second-order valence-electron chi connectivity index (χ2n) is 1.85. The van der Waals surface area contributed by atoms with Crippen LogP contribution < -0.4 is 0 Å². The van der Waals surface area contributed by atoms with Crippen LogP contribution >= 0.6 is 0 Å². The Kier molecular flexibility index (Phi) is 4.56. The van der Waals surface area contributed by atoms with Gasteiger partial charge in [0, 0.05) is 18.8 Å². The van der Waals surface area contributed by atoms with Crippen molar-refractivity contribution in [3.05, 3.63) is 30.6 Å². The third kappa shape index (κ3) is 6.37. The van der Waals surface area contributed by atoms with Gasteiger partial charge >= 0.3 is 0 Å². The Labute approximate surface area is 65.4 Å². The Hall–Kier alpha value is -1.51. The average molecular weight is 153 g/mol. The molecule has 3 nitrogen and oxygen atoms in total. The summed E-state index contributed by atoms with van der Waals surface area (Å²) in [4.78, 5) is 12.0. The fraction of sp³-hybridized carbons (Fsp3) is 0.125. The molecule has 1 heterocycles. The summed E-state index contributed by atoms with van der Waals surface area (Å²) >= 11 is 0. The Morgan fingerprint density at radius 3 is 2.55 bits per heavy atom. The largest absolute Gasteiger partial charge is 0.481 e. The summed E-state index contributed by atoms with van der Waals surface area (Å²) in [6, 6.07) is 3.91. The van der Waals surface area contributed by atoms with E-state index in [1.54, 1.807) is 6.08 Å². The van der Waals surface area contributed by atoms with Gasteiger partial charge in [-0.15, -0.1) is 0 Å². The molecule has 1 aromatic heterocycles. The first kappa shape index (κ1) is 9.49. The van der Waals surface area contributed by atoms with Gasteiger partial charge in [0.2, 0.25) is 0 Å². The van der Waals surface area contributed by atoms with Crippen molar-refractivity contribution in [2.24, 2.45) is 0 Å².